The summed E-state index contributed by atoms with van der Waals surface area (Å²) in [6.07, 6.45) is 0. The molecule has 0 heterocycles. The summed E-state index contributed by atoms with van der Waals surface area (Å²) in [5.41, 5.74) is 6.97. The molecule has 1 unspecified atom stereocenters. The highest BCUT2D eigenvalue weighted by atomic mass is 19.1. The standard InChI is InChI=1S/C16H17FN2O2/c1-21-14-8-4-12(5-9-14)16(19-10-15(18)20)11-2-6-13(17)7-3-11/h2-9,16,19H,10H2,1H3,(H2,18,20). The van der Waals surface area contributed by atoms with Crippen molar-refractivity contribution in [2.75, 3.05) is 13.7 Å². The van der Waals surface area contributed by atoms with Gasteiger partial charge >= 0.3 is 0 Å². The molecule has 0 spiro atoms. The molecule has 0 aliphatic heterocycles. The van der Waals surface area contributed by atoms with Crippen LogP contribution in [0.4, 0.5) is 4.39 Å². The monoisotopic (exact) mass is 288 g/mol. The van der Waals surface area contributed by atoms with Crippen LogP contribution in [0, 0.1) is 5.82 Å². The largest absolute Gasteiger partial charge is 0.497 e. The molecule has 1 amide bonds. The minimum atomic E-state index is -0.448. The number of hydrogen-bond acceptors (Lipinski definition) is 3. The van der Waals surface area contributed by atoms with Crippen molar-refractivity contribution in [3.63, 3.8) is 0 Å². The number of amides is 1. The second-order valence-corrected chi connectivity index (χ2v) is 4.60. The molecule has 0 aromatic heterocycles. The van der Waals surface area contributed by atoms with Crippen molar-refractivity contribution in [1.29, 1.82) is 0 Å². The molecule has 0 aliphatic rings. The highest BCUT2D eigenvalue weighted by molar-refractivity contribution is 5.76. The molecule has 21 heavy (non-hydrogen) atoms. The van der Waals surface area contributed by atoms with Crippen molar-refractivity contribution in [3.8, 4) is 5.75 Å². The summed E-state index contributed by atoms with van der Waals surface area (Å²) >= 11 is 0. The fourth-order valence-corrected chi connectivity index (χ4v) is 2.08. The van der Waals surface area contributed by atoms with Gasteiger partial charge in [0.1, 0.15) is 11.6 Å². The first kappa shape index (κ1) is 15.0. The van der Waals surface area contributed by atoms with Crippen molar-refractivity contribution in [2.24, 2.45) is 5.73 Å². The minimum Gasteiger partial charge on any atom is -0.497 e. The van der Waals surface area contributed by atoms with Gasteiger partial charge in [-0.15, -0.1) is 0 Å². The fourth-order valence-electron chi connectivity index (χ4n) is 2.08. The lowest BCUT2D eigenvalue weighted by atomic mass is 9.98. The Labute approximate surface area is 122 Å². The quantitative estimate of drug-likeness (QED) is 0.854. The molecule has 0 fully saturated rings. The van der Waals surface area contributed by atoms with Gasteiger partial charge < -0.3 is 10.5 Å². The Kier molecular flexibility index (Phi) is 4.90. The number of halogens is 1. The van der Waals surface area contributed by atoms with E-state index in [0.717, 1.165) is 16.9 Å². The van der Waals surface area contributed by atoms with E-state index in [2.05, 4.69) is 5.32 Å². The number of carbonyl (C=O) groups is 1. The summed E-state index contributed by atoms with van der Waals surface area (Å²) in [6, 6.07) is 13.3. The summed E-state index contributed by atoms with van der Waals surface area (Å²) in [6.45, 7) is 0.0358. The summed E-state index contributed by atoms with van der Waals surface area (Å²) in [4.78, 5) is 11.0. The van der Waals surface area contributed by atoms with E-state index in [1.165, 1.54) is 12.1 Å². The molecule has 2 aromatic rings. The molecule has 3 N–H and O–H groups in total. The SMILES string of the molecule is COc1ccc(C(NCC(N)=O)c2ccc(F)cc2)cc1. The van der Waals surface area contributed by atoms with Gasteiger partial charge in [-0.2, -0.15) is 0 Å². The molecule has 0 saturated heterocycles. The summed E-state index contributed by atoms with van der Waals surface area (Å²) in [5, 5.41) is 3.07. The van der Waals surface area contributed by atoms with Crippen LogP contribution in [0.15, 0.2) is 48.5 Å². The van der Waals surface area contributed by atoms with Crippen LogP contribution in [-0.2, 0) is 4.79 Å². The third kappa shape index (κ3) is 4.03. The van der Waals surface area contributed by atoms with Gasteiger partial charge in [0, 0.05) is 0 Å². The number of primary amides is 1. The Balaban J connectivity index is 2.29. The average molecular weight is 288 g/mol. The van der Waals surface area contributed by atoms with Crippen LogP contribution in [0.1, 0.15) is 17.2 Å². The Morgan fingerprint density at radius 1 is 1.14 bits per heavy atom. The minimum absolute atomic E-state index is 0.0358. The average Bonchev–Trinajstić information content (AvgIpc) is 2.49. The molecule has 5 heteroatoms. The molecule has 1 atom stereocenters. The Morgan fingerprint density at radius 3 is 2.14 bits per heavy atom. The van der Waals surface area contributed by atoms with E-state index in [1.54, 1.807) is 19.2 Å². The van der Waals surface area contributed by atoms with E-state index in [4.69, 9.17) is 10.5 Å². The molecular formula is C16H17FN2O2. The van der Waals surface area contributed by atoms with E-state index in [9.17, 15) is 9.18 Å². The highest BCUT2D eigenvalue weighted by Crippen LogP contribution is 2.24. The Morgan fingerprint density at radius 2 is 1.67 bits per heavy atom. The van der Waals surface area contributed by atoms with Crippen LogP contribution < -0.4 is 15.8 Å². The molecule has 4 nitrogen and oxygen atoms in total. The zero-order valence-electron chi connectivity index (χ0n) is 11.7. The van der Waals surface area contributed by atoms with Crippen molar-refractivity contribution in [2.45, 2.75) is 6.04 Å². The lowest BCUT2D eigenvalue weighted by molar-refractivity contribution is -0.117. The van der Waals surface area contributed by atoms with Crippen LogP contribution in [0.3, 0.4) is 0 Å². The fraction of sp³-hybridized carbons (Fsp3) is 0.188. The topological polar surface area (TPSA) is 64.3 Å². The maximum Gasteiger partial charge on any atom is 0.231 e. The van der Waals surface area contributed by atoms with Gasteiger partial charge in [0.2, 0.25) is 5.91 Å². The number of methoxy groups -OCH3 is 1. The van der Waals surface area contributed by atoms with Gasteiger partial charge in [-0.25, -0.2) is 4.39 Å². The molecule has 0 radical (unpaired) electrons. The molecule has 0 aliphatic carbocycles. The second kappa shape index (κ2) is 6.85. The number of rotatable bonds is 6. The van der Waals surface area contributed by atoms with Gasteiger partial charge in [0.25, 0.3) is 0 Å². The van der Waals surface area contributed by atoms with E-state index in [-0.39, 0.29) is 18.4 Å². The van der Waals surface area contributed by atoms with Gasteiger partial charge in [-0.3, -0.25) is 10.1 Å². The lowest BCUT2D eigenvalue weighted by Crippen LogP contribution is -2.32. The van der Waals surface area contributed by atoms with Gasteiger partial charge in [-0.1, -0.05) is 24.3 Å². The first-order valence-electron chi connectivity index (χ1n) is 6.51. The smallest absolute Gasteiger partial charge is 0.231 e. The van der Waals surface area contributed by atoms with E-state index >= 15 is 0 Å². The first-order chi connectivity index (χ1) is 10.1. The number of nitrogens with one attached hydrogen (secondary N) is 1. The number of ether oxygens (including phenoxy) is 1. The number of hydrogen-bond donors (Lipinski definition) is 2. The molecule has 2 aromatic carbocycles. The normalized spacial score (nSPS) is 11.9. The van der Waals surface area contributed by atoms with E-state index in [1.807, 2.05) is 24.3 Å². The van der Waals surface area contributed by atoms with Gasteiger partial charge in [-0.05, 0) is 35.4 Å². The lowest BCUT2D eigenvalue weighted by Gasteiger charge is -2.19. The van der Waals surface area contributed by atoms with Crippen molar-refractivity contribution >= 4 is 5.91 Å². The number of benzene rings is 2. The van der Waals surface area contributed by atoms with Gasteiger partial charge in [0.05, 0.1) is 19.7 Å². The highest BCUT2D eigenvalue weighted by Gasteiger charge is 2.14. The molecule has 0 bridgehead atoms. The molecule has 110 valence electrons. The maximum atomic E-state index is 13.1. The second-order valence-electron chi connectivity index (χ2n) is 4.60. The van der Waals surface area contributed by atoms with Crippen LogP contribution >= 0.6 is 0 Å². The first-order valence-corrected chi connectivity index (χ1v) is 6.51. The van der Waals surface area contributed by atoms with Crippen LogP contribution in [0.25, 0.3) is 0 Å². The zero-order valence-corrected chi connectivity index (χ0v) is 11.7. The van der Waals surface area contributed by atoms with Gasteiger partial charge in [0.15, 0.2) is 0 Å². The van der Waals surface area contributed by atoms with Crippen LogP contribution in [-0.4, -0.2) is 19.6 Å². The molecular weight excluding hydrogens is 271 g/mol. The van der Waals surface area contributed by atoms with E-state index in [0.29, 0.717) is 0 Å². The van der Waals surface area contributed by atoms with E-state index < -0.39 is 5.91 Å². The number of nitrogens with two attached hydrogens (primary N) is 1. The zero-order chi connectivity index (χ0) is 15.2. The summed E-state index contributed by atoms with van der Waals surface area (Å²) < 4.78 is 18.2. The predicted molar refractivity (Wildman–Crippen MR) is 78.4 cm³/mol. The van der Waals surface area contributed by atoms with Crippen LogP contribution in [0.5, 0.6) is 5.75 Å². The van der Waals surface area contributed by atoms with Crippen molar-refractivity contribution in [1.82, 2.24) is 5.32 Å². The maximum absolute atomic E-state index is 13.1. The Hall–Kier alpha value is -2.40. The predicted octanol–water partition coefficient (Wildman–Crippen LogP) is 2.00. The van der Waals surface area contributed by atoms with Crippen molar-refractivity contribution < 1.29 is 13.9 Å². The van der Waals surface area contributed by atoms with Crippen LogP contribution in [0.2, 0.25) is 0 Å². The third-order valence-electron chi connectivity index (χ3n) is 3.13. The summed E-state index contributed by atoms with van der Waals surface area (Å²) in [5.74, 6) is -0.00994. The van der Waals surface area contributed by atoms with Crippen molar-refractivity contribution in [3.05, 3.63) is 65.5 Å². The molecule has 0 saturated carbocycles. The Bertz CT molecular complexity index is 597. The molecule has 2 rings (SSSR count). The third-order valence-corrected chi connectivity index (χ3v) is 3.13. The summed E-state index contributed by atoms with van der Waals surface area (Å²) in [7, 11) is 1.60. The number of carbonyl (C=O) groups excluding carboxylic acids is 1.